The predicted octanol–water partition coefficient (Wildman–Crippen LogP) is 3.87. The number of hydrogen-bond donors (Lipinski definition) is 1. The van der Waals surface area contributed by atoms with Gasteiger partial charge in [0.05, 0.1) is 28.0 Å². The normalized spacial score (nSPS) is 11.3. The van der Waals surface area contributed by atoms with E-state index in [0.717, 1.165) is 22.1 Å². The van der Waals surface area contributed by atoms with Gasteiger partial charge in [-0.1, -0.05) is 0 Å². The summed E-state index contributed by atoms with van der Waals surface area (Å²) in [4.78, 5) is 22.8. The van der Waals surface area contributed by atoms with Crippen LogP contribution in [0.5, 0.6) is 0 Å². The van der Waals surface area contributed by atoms with Crippen LogP contribution in [0.1, 0.15) is 26.8 Å². The van der Waals surface area contributed by atoms with E-state index in [1.54, 1.807) is 36.0 Å². The van der Waals surface area contributed by atoms with E-state index in [0.29, 0.717) is 11.3 Å². The van der Waals surface area contributed by atoms with Gasteiger partial charge in [-0.15, -0.1) is 11.3 Å². The minimum absolute atomic E-state index is 0.211. The zero-order chi connectivity index (χ0) is 17.7. The molecule has 6 nitrogen and oxygen atoms in total. The third-order valence-corrected chi connectivity index (χ3v) is 5.20. The summed E-state index contributed by atoms with van der Waals surface area (Å²) in [6, 6.07) is 5.73. The molecular formula is C18H16N4O2S. The first-order valence-electron chi connectivity index (χ1n) is 7.78. The van der Waals surface area contributed by atoms with Gasteiger partial charge in [0.1, 0.15) is 5.82 Å². The van der Waals surface area contributed by atoms with Crippen LogP contribution in [-0.4, -0.2) is 30.0 Å². The lowest BCUT2D eigenvalue weighted by atomic mass is 10.2. The smallest absolute Gasteiger partial charge is 0.337 e. The molecule has 0 saturated carbocycles. The first-order valence-corrected chi connectivity index (χ1v) is 8.60. The van der Waals surface area contributed by atoms with Gasteiger partial charge >= 0.3 is 5.97 Å². The summed E-state index contributed by atoms with van der Waals surface area (Å²) in [6.45, 7) is 5.88. The van der Waals surface area contributed by atoms with E-state index in [1.807, 2.05) is 41.9 Å². The fourth-order valence-electron chi connectivity index (χ4n) is 3.03. The SMILES string of the molecule is Cc1ccc(-c2cnc3c(-n4c(C)cnc4C)cc(C(=O)O)cn23)s1. The molecular weight excluding hydrogens is 336 g/mol. The van der Waals surface area contributed by atoms with Crippen LogP contribution >= 0.6 is 11.3 Å². The molecule has 0 fully saturated rings. The van der Waals surface area contributed by atoms with Crippen LogP contribution in [0.2, 0.25) is 0 Å². The molecule has 0 bridgehead atoms. The van der Waals surface area contributed by atoms with Crippen molar-refractivity contribution >= 4 is 23.0 Å². The van der Waals surface area contributed by atoms with E-state index >= 15 is 0 Å². The fourth-order valence-corrected chi connectivity index (χ4v) is 3.90. The van der Waals surface area contributed by atoms with Crippen LogP contribution in [0.25, 0.3) is 21.9 Å². The number of carbonyl (C=O) groups is 1. The molecule has 0 aromatic carbocycles. The quantitative estimate of drug-likeness (QED) is 0.607. The molecule has 4 aromatic rings. The topological polar surface area (TPSA) is 72.4 Å². The molecule has 4 aromatic heterocycles. The standard InChI is InChI=1S/C18H16N4O2S/c1-10-7-19-12(3)22(10)14-6-13(18(23)24)9-21-15(8-20-17(14)21)16-5-4-11(2)25-16/h4-9H,1-3H3,(H,23,24). The lowest BCUT2D eigenvalue weighted by molar-refractivity contribution is 0.0696. The van der Waals surface area contributed by atoms with Crippen molar-refractivity contribution in [1.29, 1.82) is 0 Å². The number of fused-ring (bicyclic) bond motifs is 1. The van der Waals surface area contributed by atoms with Gasteiger partial charge in [0.25, 0.3) is 0 Å². The van der Waals surface area contributed by atoms with Gasteiger partial charge in [0, 0.05) is 23.0 Å². The minimum atomic E-state index is -0.972. The van der Waals surface area contributed by atoms with Crippen molar-refractivity contribution in [2.24, 2.45) is 0 Å². The van der Waals surface area contributed by atoms with Crippen LogP contribution in [0.4, 0.5) is 0 Å². The van der Waals surface area contributed by atoms with Gasteiger partial charge < -0.3 is 5.11 Å². The van der Waals surface area contributed by atoms with Crippen molar-refractivity contribution in [3.63, 3.8) is 0 Å². The molecule has 1 N–H and O–H groups in total. The molecule has 126 valence electrons. The second-order valence-corrected chi connectivity index (χ2v) is 7.24. The number of rotatable bonds is 3. The number of aromatic nitrogens is 4. The molecule has 0 saturated heterocycles. The summed E-state index contributed by atoms with van der Waals surface area (Å²) >= 11 is 1.66. The maximum atomic E-state index is 11.7. The van der Waals surface area contributed by atoms with E-state index in [2.05, 4.69) is 9.97 Å². The molecule has 0 radical (unpaired) electrons. The Hall–Kier alpha value is -2.93. The third kappa shape index (κ3) is 2.44. The molecule has 0 unspecified atom stereocenters. The van der Waals surface area contributed by atoms with E-state index in [-0.39, 0.29) is 5.56 Å². The first-order chi connectivity index (χ1) is 12.0. The van der Waals surface area contributed by atoms with Crippen molar-refractivity contribution < 1.29 is 9.90 Å². The van der Waals surface area contributed by atoms with Gasteiger partial charge in [0.15, 0.2) is 5.65 Å². The summed E-state index contributed by atoms with van der Waals surface area (Å²) in [5, 5.41) is 9.55. The van der Waals surface area contributed by atoms with Gasteiger partial charge in [-0.2, -0.15) is 0 Å². The monoisotopic (exact) mass is 352 g/mol. The summed E-state index contributed by atoms with van der Waals surface area (Å²) in [6.07, 6.45) is 5.18. The molecule has 0 amide bonds. The Labute approximate surface area is 148 Å². The van der Waals surface area contributed by atoms with Crippen LogP contribution in [0, 0.1) is 20.8 Å². The van der Waals surface area contributed by atoms with Crippen molar-refractivity contribution in [2.45, 2.75) is 20.8 Å². The van der Waals surface area contributed by atoms with E-state index in [4.69, 9.17) is 0 Å². The lowest BCUT2D eigenvalue weighted by Gasteiger charge is -2.11. The van der Waals surface area contributed by atoms with Gasteiger partial charge in [-0.3, -0.25) is 8.97 Å². The fraction of sp³-hybridized carbons (Fsp3) is 0.167. The summed E-state index contributed by atoms with van der Waals surface area (Å²) < 4.78 is 3.78. The van der Waals surface area contributed by atoms with Gasteiger partial charge in [0.2, 0.25) is 0 Å². The molecule has 0 atom stereocenters. The number of hydrogen-bond acceptors (Lipinski definition) is 4. The van der Waals surface area contributed by atoms with E-state index in [1.165, 1.54) is 4.88 Å². The third-order valence-electron chi connectivity index (χ3n) is 4.18. The maximum Gasteiger partial charge on any atom is 0.337 e. The van der Waals surface area contributed by atoms with Crippen LogP contribution < -0.4 is 0 Å². The molecule has 4 heterocycles. The number of imidazole rings is 2. The average molecular weight is 352 g/mol. The summed E-state index contributed by atoms with van der Waals surface area (Å²) in [5.41, 5.74) is 3.44. The predicted molar refractivity (Wildman–Crippen MR) is 96.8 cm³/mol. The average Bonchev–Trinajstić information content (AvgIpc) is 3.25. The molecule has 7 heteroatoms. The maximum absolute atomic E-state index is 11.7. The second-order valence-electron chi connectivity index (χ2n) is 5.95. The van der Waals surface area contributed by atoms with Crippen molar-refractivity contribution in [3.8, 4) is 16.3 Å². The summed E-state index contributed by atoms with van der Waals surface area (Å²) in [5.74, 6) is -0.181. The Kier molecular flexibility index (Phi) is 3.47. The van der Waals surface area contributed by atoms with Crippen molar-refractivity contribution in [2.75, 3.05) is 0 Å². The Bertz CT molecular complexity index is 1100. The van der Waals surface area contributed by atoms with E-state index in [9.17, 15) is 9.90 Å². The number of thiophene rings is 1. The molecule has 25 heavy (non-hydrogen) atoms. The highest BCUT2D eigenvalue weighted by molar-refractivity contribution is 7.15. The largest absolute Gasteiger partial charge is 0.478 e. The highest BCUT2D eigenvalue weighted by Gasteiger charge is 2.18. The first kappa shape index (κ1) is 15.6. The Morgan fingerprint density at radius 2 is 1.96 bits per heavy atom. The van der Waals surface area contributed by atoms with Gasteiger partial charge in [-0.05, 0) is 39.0 Å². The molecule has 0 aliphatic heterocycles. The number of nitrogens with zero attached hydrogens (tertiary/aromatic N) is 4. The van der Waals surface area contributed by atoms with Crippen LogP contribution in [-0.2, 0) is 0 Å². The molecule has 4 rings (SSSR count). The number of pyridine rings is 1. The Balaban J connectivity index is 2.07. The highest BCUT2D eigenvalue weighted by Crippen LogP contribution is 2.31. The van der Waals surface area contributed by atoms with Crippen molar-refractivity contribution in [1.82, 2.24) is 18.9 Å². The summed E-state index contributed by atoms with van der Waals surface area (Å²) in [7, 11) is 0. The Morgan fingerprint density at radius 1 is 1.16 bits per heavy atom. The Morgan fingerprint density at radius 3 is 2.56 bits per heavy atom. The minimum Gasteiger partial charge on any atom is -0.478 e. The van der Waals surface area contributed by atoms with Crippen LogP contribution in [0.3, 0.4) is 0 Å². The molecule has 0 spiro atoms. The zero-order valence-corrected chi connectivity index (χ0v) is 14.8. The highest BCUT2D eigenvalue weighted by atomic mass is 32.1. The molecule has 0 aliphatic rings. The van der Waals surface area contributed by atoms with Gasteiger partial charge in [-0.25, -0.2) is 14.8 Å². The zero-order valence-electron chi connectivity index (χ0n) is 14.0. The number of carboxylic acids is 1. The number of carboxylic acid groups (broad SMARTS) is 1. The van der Waals surface area contributed by atoms with E-state index < -0.39 is 5.97 Å². The van der Waals surface area contributed by atoms with Crippen LogP contribution in [0.15, 0.2) is 36.8 Å². The number of aryl methyl sites for hydroxylation is 3. The molecule has 0 aliphatic carbocycles. The number of aromatic carboxylic acids is 1. The van der Waals surface area contributed by atoms with Crippen molar-refractivity contribution in [3.05, 3.63) is 58.7 Å². The second kappa shape index (κ2) is 5.56. The lowest BCUT2D eigenvalue weighted by Crippen LogP contribution is -2.07.